The SMILES string of the molecule is O=C(Nc1cnccn1)N1c2nc(N3CCCC(C(F)(F)F)C3)ccc2C2CCCC21. The predicted molar refractivity (Wildman–Crippen MR) is 109 cm³/mol. The maximum absolute atomic E-state index is 13.3. The van der Waals surface area contributed by atoms with Gasteiger partial charge < -0.3 is 4.90 Å². The second kappa shape index (κ2) is 7.65. The Hall–Kier alpha value is -2.91. The van der Waals surface area contributed by atoms with Gasteiger partial charge in [-0.25, -0.2) is 14.8 Å². The maximum Gasteiger partial charge on any atom is 0.393 e. The summed E-state index contributed by atoms with van der Waals surface area (Å²) in [5.41, 5.74) is 0.991. The number of nitrogens with one attached hydrogen (secondary N) is 1. The van der Waals surface area contributed by atoms with Gasteiger partial charge in [-0.05, 0) is 31.7 Å². The van der Waals surface area contributed by atoms with E-state index in [2.05, 4.69) is 15.3 Å². The molecule has 2 aromatic heterocycles. The first kappa shape index (κ1) is 20.0. The largest absolute Gasteiger partial charge is 0.393 e. The quantitative estimate of drug-likeness (QED) is 0.764. The fraction of sp³-hybridized carbons (Fsp3) is 0.524. The molecule has 0 aromatic carbocycles. The number of rotatable bonds is 2. The average Bonchev–Trinajstić information content (AvgIpc) is 3.34. The standard InChI is InChI=1S/C21H23F3N6O/c22-21(23,24)13-3-2-10-29(12-13)18-7-6-15-14-4-1-5-16(14)30(19(15)28-18)20(31)27-17-11-25-8-9-26-17/h6-9,11,13-14,16H,1-5,10,12H2,(H,26,27,31). The second-order valence-electron chi connectivity index (χ2n) is 8.40. The number of alkyl halides is 3. The van der Waals surface area contributed by atoms with Crippen LogP contribution in [-0.4, -0.2) is 46.3 Å². The number of hydrogen-bond acceptors (Lipinski definition) is 5. The number of anilines is 3. The molecule has 0 spiro atoms. The molecular weight excluding hydrogens is 409 g/mol. The van der Waals surface area contributed by atoms with Crippen LogP contribution in [0.1, 0.15) is 43.6 Å². The molecule has 164 valence electrons. The van der Waals surface area contributed by atoms with Gasteiger partial charge >= 0.3 is 12.2 Å². The van der Waals surface area contributed by atoms with E-state index in [1.54, 1.807) is 15.9 Å². The fourth-order valence-corrected chi connectivity index (χ4v) is 5.11. The third-order valence-corrected chi connectivity index (χ3v) is 6.55. The summed E-state index contributed by atoms with van der Waals surface area (Å²) >= 11 is 0. The Morgan fingerprint density at radius 2 is 2.00 bits per heavy atom. The van der Waals surface area contributed by atoms with E-state index in [4.69, 9.17) is 4.98 Å². The molecule has 1 aliphatic carbocycles. The maximum atomic E-state index is 13.3. The normalized spacial score (nSPS) is 25.3. The summed E-state index contributed by atoms with van der Waals surface area (Å²) in [6.07, 6.45) is 3.73. The van der Waals surface area contributed by atoms with Gasteiger partial charge in [0, 0.05) is 43.0 Å². The molecule has 1 saturated carbocycles. The van der Waals surface area contributed by atoms with E-state index >= 15 is 0 Å². The zero-order valence-electron chi connectivity index (χ0n) is 16.8. The molecule has 2 amide bonds. The molecule has 7 nitrogen and oxygen atoms in total. The first-order valence-electron chi connectivity index (χ1n) is 10.6. The van der Waals surface area contributed by atoms with Crippen molar-refractivity contribution in [3.8, 4) is 0 Å². The molecule has 10 heteroatoms. The van der Waals surface area contributed by atoms with Crippen LogP contribution in [0.2, 0.25) is 0 Å². The number of halogens is 3. The molecule has 1 N–H and O–H groups in total. The summed E-state index contributed by atoms with van der Waals surface area (Å²) in [4.78, 5) is 29.3. The van der Waals surface area contributed by atoms with Crippen molar-refractivity contribution >= 4 is 23.5 Å². The molecule has 4 heterocycles. The lowest BCUT2D eigenvalue weighted by molar-refractivity contribution is -0.176. The first-order valence-corrected chi connectivity index (χ1v) is 10.6. The molecule has 2 aliphatic heterocycles. The Morgan fingerprint density at radius 3 is 2.77 bits per heavy atom. The molecule has 31 heavy (non-hydrogen) atoms. The number of carbonyl (C=O) groups excluding carboxylic acids is 1. The molecule has 0 bridgehead atoms. The van der Waals surface area contributed by atoms with E-state index in [-0.39, 0.29) is 31.0 Å². The molecule has 3 atom stereocenters. The lowest BCUT2D eigenvalue weighted by atomic mass is 9.97. The van der Waals surface area contributed by atoms with Gasteiger partial charge in [0.25, 0.3) is 0 Å². The molecule has 2 fully saturated rings. The second-order valence-corrected chi connectivity index (χ2v) is 8.40. The Kier molecular flexibility index (Phi) is 4.94. The van der Waals surface area contributed by atoms with E-state index < -0.39 is 12.1 Å². The molecule has 3 unspecified atom stereocenters. The van der Waals surface area contributed by atoms with Crippen molar-refractivity contribution in [2.24, 2.45) is 5.92 Å². The van der Waals surface area contributed by atoms with Gasteiger partial charge in [0.2, 0.25) is 0 Å². The number of fused-ring (bicyclic) bond motifs is 3. The van der Waals surface area contributed by atoms with Crippen LogP contribution in [0.4, 0.5) is 35.4 Å². The predicted octanol–water partition coefficient (Wildman–Crippen LogP) is 4.34. The number of carbonyl (C=O) groups is 1. The third-order valence-electron chi connectivity index (χ3n) is 6.55. The van der Waals surface area contributed by atoms with E-state index in [9.17, 15) is 18.0 Å². The van der Waals surface area contributed by atoms with Crippen LogP contribution < -0.4 is 15.1 Å². The molecule has 2 aromatic rings. The van der Waals surface area contributed by atoms with Gasteiger partial charge in [0.05, 0.1) is 12.1 Å². The Balaban J connectivity index is 1.44. The molecule has 1 saturated heterocycles. The molecule has 5 rings (SSSR count). The third kappa shape index (κ3) is 3.68. The highest BCUT2D eigenvalue weighted by Gasteiger charge is 2.46. The highest BCUT2D eigenvalue weighted by molar-refractivity contribution is 6.03. The summed E-state index contributed by atoms with van der Waals surface area (Å²) in [5.74, 6) is 0.226. The van der Waals surface area contributed by atoms with Crippen molar-refractivity contribution in [2.75, 3.05) is 28.2 Å². The van der Waals surface area contributed by atoms with E-state index in [1.165, 1.54) is 18.6 Å². The van der Waals surface area contributed by atoms with E-state index in [1.807, 2.05) is 6.07 Å². The van der Waals surface area contributed by atoms with Gasteiger partial charge in [-0.2, -0.15) is 13.2 Å². The minimum absolute atomic E-state index is 0.00120. The first-order chi connectivity index (χ1) is 14.9. The molecule has 3 aliphatic rings. The number of aromatic nitrogens is 3. The highest BCUT2D eigenvalue weighted by Crippen LogP contribution is 2.49. The molecular formula is C21H23F3N6O. The van der Waals surface area contributed by atoms with Gasteiger partial charge in [-0.3, -0.25) is 15.2 Å². The van der Waals surface area contributed by atoms with Crippen LogP contribution in [0.3, 0.4) is 0 Å². The van der Waals surface area contributed by atoms with Crippen LogP contribution in [0.15, 0.2) is 30.7 Å². The van der Waals surface area contributed by atoms with Crippen molar-refractivity contribution in [3.05, 3.63) is 36.3 Å². The number of pyridine rings is 1. The zero-order chi connectivity index (χ0) is 21.6. The van der Waals surface area contributed by atoms with Crippen LogP contribution in [0.25, 0.3) is 0 Å². The van der Waals surface area contributed by atoms with Crippen molar-refractivity contribution in [3.63, 3.8) is 0 Å². The number of amides is 2. The summed E-state index contributed by atoms with van der Waals surface area (Å²) < 4.78 is 39.8. The van der Waals surface area contributed by atoms with Crippen molar-refractivity contribution in [1.29, 1.82) is 0 Å². The van der Waals surface area contributed by atoms with Crippen LogP contribution in [0.5, 0.6) is 0 Å². The van der Waals surface area contributed by atoms with Crippen LogP contribution in [-0.2, 0) is 0 Å². The number of hydrogen-bond donors (Lipinski definition) is 1. The average molecular weight is 432 g/mol. The zero-order valence-corrected chi connectivity index (χ0v) is 16.8. The van der Waals surface area contributed by atoms with Crippen LogP contribution >= 0.6 is 0 Å². The van der Waals surface area contributed by atoms with Gasteiger partial charge in [-0.1, -0.05) is 12.5 Å². The summed E-state index contributed by atoms with van der Waals surface area (Å²) in [7, 11) is 0. The summed E-state index contributed by atoms with van der Waals surface area (Å²) in [5, 5.41) is 2.77. The smallest absolute Gasteiger partial charge is 0.356 e. The Labute approximate surface area is 177 Å². The van der Waals surface area contributed by atoms with Gasteiger partial charge in [0.1, 0.15) is 11.6 Å². The Bertz CT molecular complexity index is 969. The Morgan fingerprint density at radius 1 is 1.13 bits per heavy atom. The number of nitrogens with zero attached hydrogens (tertiary/aromatic N) is 5. The van der Waals surface area contributed by atoms with E-state index in [0.29, 0.717) is 30.4 Å². The minimum atomic E-state index is -4.21. The summed E-state index contributed by atoms with van der Waals surface area (Å²) in [6.45, 7) is 0.422. The minimum Gasteiger partial charge on any atom is -0.356 e. The summed E-state index contributed by atoms with van der Waals surface area (Å²) in [6, 6.07) is 3.40. The lowest BCUT2D eigenvalue weighted by Crippen LogP contribution is -2.43. The van der Waals surface area contributed by atoms with Crippen molar-refractivity contribution < 1.29 is 18.0 Å². The fourth-order valence-electron chi connectivity index (χ4n) is 5.11. The van der Waals surface area contributed by atoms with E-state index in [0.717, 1.165) is 24.8 Å². The monoisotopic (exact) mass is 432 g/mol. The number of urea groups is 1. The highest BCUT2D eigenvalue weighted by atomic mass is 19.4. The number of piperidine rings is 1. The van der Waals surface area contributed by atoms with Gasteiger partial charge in [0.15, 0.2) is 5.82 Å². The van der Waals surface area contributed by atoms with Gasteiger partial charge in [-0.15, -0.1) is 0 Å². The molecule has 0 radical (unpaired) electrons. The lowest BCUT2D eigenvalue weighted by Gasteiger charge is -2.35. The van der Waals surface area contributed by atoms with Crippen molar-refractivity contribution in [1.82, 2.24) is 15.0 Å². The topological polar surface area (TPSA) is 74.2 Å². The van der Waals surface area contributed by atoms with Crippen molar-refractivity contribution in [2.45, 2.75) is 50.2 Å². The van der Waals surface area contributed by atoms with Crippen LogP contribution in [0, 0.1) is 5.92 Å².